The summed E-state index contributed by atoms with van der Waals surface area (Å²) in [5.41, 5.74) is 7.28. The fraction of sp³-hybridized carbons (Fsp3) is 0.364. The Morgan fingerprint density at radius 3 is 2.67 bits per heavy atom. The van der Waals surface area contributed by atoms with Crippen molar-refractivity contribution in [2.24, 2.45) is 5.73 Å². The van der Waals surface area contributed by atoms with Gasteiger partial charge in [-0.05, 0) is 11.6 Å². The van der Waals surface area contributed by atoms with Crippen molar-refractivity contribution in [2.45, 2.75) is 13.0 Å². The van der Waals surface area contributed by atoms with E-state index in [9.17, 15) is 4.79 Å². The summed E-state index contributed by atoms with van der Waals surface area (Å²) in [5, 5.41) is 0. The van der Waals surface area contributed by atoms with Crippen molar-refractivity contribution >= 4 is 5.97 Å². The summed E-state index contributed by atoms with van der Waals surface area (Å²) in [6.45, 7) is 0.443. The standard InChI is InChI=1S/C11H15NO3/c1-14-10-4-3-8(7-12)5-9(10)6-11(13)15-2/h3-5H,6-7,12H2,1-2H3. The quantitative estimate of drug-likeness (QED) is 0.747. The van der Waals surface area contributed by atoms with E-state index in [1.54, 1.807) is 13.2 Å². The van der Waals surface area contributed by atoms with Crippen LogP contribution >= 0.6 is 0 Å². The van der Waals surface area contributed by atoms with Crippen molar-refractivity contribution in [1.82, 2.24) is 0 Å². The lowest BCUT2D eigenvalue weighted by Crippen LogP contribution is -2.07. The van der Waals surface area contributed by atoms with Crippen LogP contribution in [0.3, 0.4) is 0 Å². The van der Waals surface area contributed by atoms with Gasteiger partial charge in [-0.2, -0.15) is 0 Å². The molecule has 1 aromatic rings. The number of hydrogen-bond acceptors (Lipinski definition) is 4. The molecule has 0 aliphatic heterocycles. The molecule has 0 aliphatic carbocycles. The van der Waals surface area contributed by atoms with Gasteiger partial charge in [-0.1, -0.05) is 12.1 Å². The van der Waals surface area contributed by atoms with Gasteiger partial charge in [0.1, 0.15) is 5.75 Å². The van der Waals surface area contributed by atoms with Crippen molar-refractivity contribution in [3.8, 4) is 5.75 Å². The first-order valence-corrected chi connectivity index (χ1v) is 4.64. The maximum Gasteiger partial charge on any atom is 0.310 e. The molecule has 0 fully saturated rings. The van der Waals surface area contributed by atoms with Crippen molar-refractivity contribution in [3.05, 3.63) is 29.3 Å². The Bertz CT molecular complexity index is 350. The Morgan fingerprint density at radius 2 is 2.13 bits per heavy atom. The molecule has 0 aromatic heterocycles. The summed E-state index contributed by atoms with van der Waals surface area (Å²) in [6.07, 6.45) is 0.202. The third-order valence-electron chi connectivity index (χ3n) is 2.14. The van der Waals surface area contributed by atoms with Crippen LogP contribution in [0.4, 0.5) is 0 Å². The van der Waals surface area contributed by atoms with Crippen LogP contribution in [0.25, 0.3) is 0 Å². The van der Waals surface area contributed by atoms with Crippen LogP contribution in [0.1, 0.15) is 11.1 Å². The fourth-order valence-electron chi connectivity index (χ4n) is 1.32. The largest absolute Gasteiger partial charge is 0.496 e. The third kappa shape index (κ3) is 2.95. The molecule has 0 radical (unpaired) electrons. The highest BCUT2D eigenvalue weighted by Crippen LogP contribution is 2.20. The molecule has 0 heterocycles. The summed E-state index contributed by atoms with van der Waals surface area (Å²) in [6, 6.07) is 5.54. The molecule has 0 saturated heterocycles. The number of rotatable bonds is 4. The Hall–Kier alpha value is -1.55. The van der Waals surface area contributed by atoms with Gasteiger partial charge >= 0.3 is 5.97 Å². The Balaban J connectivity index is 2.95. The van der Waals surface area contributed by atoms with Crippen molar-refractivity contribution in [3.63, 3.8) is 0 Å². The number of esters is 1. The summed E-state index contributed by atoms with van der Waals surface area (Å²) >= 11 is 0. The number of ether oxygens (including phenoxy) is 2. The molecule has 0 amide bonds. The number of benzene rings is 1. The number of nitrogens with two attached hydrogens (primary N) is 1. The Labute approximate surface area is 89.0 Å². The van der Waals surface area contributed by atoms with E-state index in [0.717, 1.165) is 11.1 Å². The fourth-order valence-corrected chi connectivity index (χ4v) is 1.32. The summed E-state index contributed by atoms with van der Waals surface area (Å²) in [5.74, 6) is 0.389. The lowest BCUT2D eigenvalue weighted by atomic mass is 10.1. The molecule has 1 aromatic carbocycles. The Morgan fingerprint density at radius 1 is 1.40 bits per heavy atom. The minimum Gasteiger partial charge on any atom is -0.496 e. The average Bonchev–Trinajstić information content (AvgIpc) is 2.28. The minimum absolute atomic E-state index is 0.202. The maximum absolute atomic E-state index is 11.1. The molecule has 0 atom stereocenters. The molecule has 0 unspecified atom stereocenters. The van der Waals surface area contributed by atoms with E-state index in [2.05, 4.69) is 4.74 Å². The molecular weight excluding hydrogens is 194 g/mol. The normalized spacial score (nSPS) is 9.80. The van der Waals surface area contributed by atoms with Crippen LogP contribution in [0, 0.1) is 0 Å². The lowest BCUT2D eigenvalue weighted by molar-refractivity contribution is -0.139. The molecule has 15 heavy (non-hydrogen) atoms. The van der Waals surface area contributed by atoms with Crippen LogP contribution < -0.4 is 10.5 Å². The van der Waals surface area contributed by atoms with Crippen LogP contribution in [0.5, 0.6) is 5.75 Å². The van der Waals surface area contributed by atoms with E-state index < -0.39 is 0 Å². The van der Waals surface area contributed by atoms with Crippen molar-refractivity contribution in [1.29, 1.82) is 0 Å². The van der Waals surface area contributed by atoms with E-state index in [1.807, 2.05) is 12.1 Å². The van der Waals surface area contributed by atoms with Gasteiger partial charge in [0.15, 0.2) is 0 Å². The Kier molecular flexibility index (Phi) is 4.12. The van der Waals surface area contributed by atoms with Gasteiger partial charge < -0.3 is 15.2 Å². The van der Waals surface area contributed by atoms with Crippen molar-refractivity contribution in [2.75, 3.05) is 14.2 Å². The highest BCUT2D eigenvalue weighted by molar-refractivity contribution is 5.73. The molecule has 0 bridgehead atoms. The molecule has 0 spiro atoms. The molecule has 2 N–H and O–H groups in total. The first-order valence-electron chi connectivity index (χ1n) is 4.64. The molecule has 4 heteroatoms. The van der Waals surface area contributed by atoms with Crippen LogP contribution in [-0.4, -0.2) is 20.2 Å². The van der Waals surface area contributed by atoms with E-state index in [0.29, 0.717) is 12.3 Å². The lowest BCUT2D eigenvalue weighted by Gasteiger charge is -2.09. The summed E-state index contributed by atoms with van der Waals surface area (Å²) < 4.78 is 9.74. The van der Waals surface area contributed by atoms with Gasteiger partial charge in [-0.25, -0.2) is 0 Å². The number of hydrogen-bond donors (Lipinski definition) is 1. The van der Waals surface area contributed by atoms with Crippen LogP contribution in [0.15, 0.2) is 18.2 Å². The molecule has 4 nitrogen and oxygen atoms in total. The molecule has 0 saturated carbocycles. The summed E-state index contributed by atoms with van der Waals surface area (Å²) in [4.78, 5) is 11.1. The topological polar surface area (TPSA) is 61.5 Å². The first-order chi connectivity index (χ1) is 7.21. The second-order valence-electron chi connectivity index (χ2n) is 3.10. The van der Waals surface area contributed by atoms with Gasteiger partial charge in [0.05, 0.1) is 20.6 Å². The van der Waals surface area contributed by atoms with Gasteiger partial charge in [0.2, 0.25) is 0 Å². The van der Waals surface area contributed by atoms with Gasteiger partial charge in [-0.3, -0.25) is 4.79 Å². The average molecular weight is 209 g/mol. The SMILES string of the molecule is COC(=O)Cc1cc(CN)ccc1OC. The maximum atomic E-state index is 11.1. The molecule has 1 rings (SSSR count). The second-order valence-corrected chi connectivity index (χ2v) is 3.10. The highest BCUT2D eigenvalue weighted by atomic mass is 16.5. The van der Waals surface area contributed by atoms with Gasteiger partial charge in [0, 0.05) is 12.1 Å². The highest BCUT2D eigenvalue weighted by Gasteiger charge is 2.09. The van der Waals surface area contributed by atoms with Gasteiger partial charge in [0.25, 0.3) is 0 Å². The number of carbonyl (C=O) groups is 1. The zero-order valence-corrected chi connectivity index (χ0v) is 8.95. The van der Waals surface area contributed by atoms with E-state index in [-0.39, 0.29) is 12.4 Å². The molecular formula is C11H15NO3. The minimum atomic E-state index is -0.289. The van der Waals surface area contributed by atoms with Crippen molar-refractivity contribution < 1.29 is 14.3 Å². The zero-order chi connectivity index (χ0) is 11.3. The molecule has 0 aliphatic rings. The number of methoxy groups -OCH3 is 2. The monoisotopic (exact) mass is 209 g/mol. The van der Waals surface area contributed by atoms with Crippen LogP contribution in [-0.2, 0) is 22.5 Å². The van der Waals surface area contributed by atoms with E-state index >= 15 is 0 Å². The third-order valence-corrected chi connectivity index (χ3v) is 2.14. The smallest absolute Gasteiger partial charge is 0.310 e. The van der Waals surface area contributed by atoms with Crippen LogP contribution in [0.2, 0.25) is 0 Å². The number of carbonyl (C=O) groups excluding carboxylic acids is 1. The van der Waals surface area contributed by atoms with E-state index in [4.69, 9.17) is 10.5 Å². The zero-order valence-electron chi connectivity index (χ0n) is 8.95. The summed E-state index contributed by atoms with van der Waals surface area (Å²) in [7, 11) is 2.93. The molecule has 82 valence electrons. The predicted octanol–water partition coefficient (Wildman–Crippen LogP) is 0.869. The second kappa shape index (κ2) is 5.36. The van der Waals surface area contributed by atoms with E-state index in [1.165, 1.54) is 7.11 Å². The predicted molar refractivity (Wildman–Crippen MR) is 56.6 cm³/mol. The van der Waals surface area contributed by atoms with Gasteiger partial charge in [-0.15, -0.1) is 0 Å². The first kappa shape index (κ1) is 11.5.